The summed E-state index contributed by atoms with van der Waals surface area (Å²) in [5.74, 6) is 1.01. The van der Waals surface area contributed by atoms with Crippen LogP contribution >= 0.6 is 15.9 Å². The number of hydrazone groups is 1. The van der Waals surface area contributed by atoms with Gasteiger partial charge in [-0.1, -0.05) is 46.3 Å². The van der Waals surface area contributed by atoms with Crippen LogP contribution in [0, 0.1) is 0 Å². The number of nitrogens with zero attached hydrogens (tertiary/aromatic N) is 1. The number of fused-ring (bicyclic) bond motifs is 1. The fraction of sp³-hybridized carbons (Fsp3) is 0.143. The van der Waals surface area contributed by atoms with Crippen molar-refractivity contribution >= 4 is 38.8 Å². The molecule has 3 rings (SSSR count). The van der Waals surface area contributed by atoms with Gasteiger partial charge in [0.25, 0.3) is 5.91 Å². The number of hydrogen-bond acceptors (Lipinski definition) is 4. The molecule has 0 radical (unpaired) electrons. The normalized spacial score (nSPS) is 12.1. The van der Waals surface area contributed by atoms with Gasteiger partial charge in [0.05, 0.1) is 13.3 Å². The fourth-order valence-corrected chi connectivity index (χ4v) is 2.85. The molecule has 0 fully saturated rings. The maximum atomic E-state index is 12.2. The summed E-state index contributed by atoms with van der Waals surface area (Å²) in [6.07, 6.45) is 0.866. The Bertz CT molecular complexity index is 988. The standard InChI is InChI=1S/C21H19BrN2O3/c1-14(27-19-8-7-15-5-3-4-6-16(15)11-19)21(25)24-23-13-17-12-18(26-2)9-10-20(17)22/h3-14H,1-2H3,(H,24,25)/b23-13+. The van der Waals surface area contributed by atoms with E-state index in [1.807, 2.05) is 60.7 Å². The zero-order valence-electron chi connectivity index (χ0n) is 15.0. The molecule has 138 valence electrons. The second-order valence-corrected chi connectivity index (χ2v) is 6.75. The zero-order chi connectivity index (χ0) is 19.2. The number of amides is 1. The smallest absolute Gasteiger partial charge is 0.280 e. The van der Waals surface area contributed by atoms with Crippen LogP contribution in [0.15, 0.2) is 70.2 Å². The topological polar surface area (TPSA) is 59.9 Å². The molecule has 1 amide bonds. The number of hydrogen-bond donors (Lipinski definition) is 1. The van der Waals surface area contributed by atoms with Crippen molar-refractivity contribution in [2.45, 2.75) is 13.0 Å². The second-order valence-electron chi connectivity index (χ2n) is 5.89. The molecule has 0 bridgehead atoms. The summed E-state index contributed by atoms with van der Waals surface area (Å²) < 4.78 is 11.8. The van der Waals surface area contributed by atoms with Crippen molar-refractivity contribution in [3.8, 4) is 11.5 Å². The molecule has 1 N–H and O–H groups in total. The summed E-state index contributed by atoms with van der Waals surface area (Å²) in [7, 11) is 1.59. The monoisotopic (exact) mass is 426 g/mol. The van der Waals surface area contributed by atoms with Crippen LogP contribution in [0.3, 0.4) is 0 Å². The van der Waals surface area contributed by atoms with Gasteiger partial charge in [0.1, 0.15) is 11.5 Å². The lowest BCUT2D eigenvalue weighted by Gasteiger charge is -2.13. The van der Waals surface area contributed by atoms with E-state index in [4.69, 9.17) is 9.47 Å². The maximum absolute atomic E-state index is 12.2. The van der Waals surface area contributed by atoms with E-state index in [1.165, 1.54) is 0 Å². The lowest BCUT2D eigenvalue weighted by atomic mass is 10.1. The van der Waals surface area contributed by atoms with Crippen LogP contribution in [-0.2, 0) is 4.79 Å². The molecule has 5 nitrogen and oxygen atoms in total. The molecule has 0 aromatic heterocycles. The van der Waals surface area contributed by atoms with Crippen molar-refractivity contribution in [1.82, 2.24) is 5.43 Å². The molecule has 0 saturated heterocycles. The molecule has 3 aromatic rings. The molecular weight excluding hydrogens is 408 g/mol. The van der Waals surface area contributed by atoms with Crippen LogP contribution in [-0.4, -0.2) is 25.3 Å². The average molecular weight is 427 g/mol. The highest BCUT2D eigenvalue weighted by Gasteiger charge is 2.14. The number of benzene rings is 3. The van der Waals surface area contributed by atoms with Crippen molar-refractivity contribution < 1.29 is 14.3 Å². The SMILES string of the molecule is COc1ccc(Br)c(/C=N/NC(=O)C(C)Oc2ccc3ccccc3c2)c1. The van der Waals surface area contributed by atoms with Crippen LogP contribution in [0.2, 0.25) is 0 Å². The molecule has 0 aliphatic carbocycles. The molecule has 0 aliphatic rings. The number of carbonyl (C=O) groups is 1. The number of carbonyl (C=O) groups excluding carboxylic acids is 1. The third-order valence-electron chi connectivity index (χ3n) is 3.98. The van der Waals surface area contributed by atoms with Gasteiger partial charge in [-0.15, -0.1) is 0 Å². The number of ether oxygens (including phenoxy) is 2. The summed E-state index contributed by atoms with van der Waals surface area (Å²) in [4.78, 5) is 12.2. The number of halogens is 1. The first kappa shape index (κ1) is 18.9. The van der Waals surface area contributed by atoms with Crippen LogP contribution in [0.1, 0.15) is 12.5 Å². The van der Waals surface area contributed by atoms with Gasteiger partial charge in [-0.3, -0.25) is 4.79 Å². The lowest BCUT2D eigenvalue weighted by molar-refractivity contribution is -0.127. The van der Waals surface area contributed by atoms with Gasteiger partial charge in [-0.25, -0.2) is 5.43 Å². The van der Waals surface area contributed by atoms with Gasteiger partial charge in [0.15, 0.2) is 6.10 Å². The van der Waals surface area contributed by atoms with Gasteiger partial charge in [0, 0.05) is 10.0 Å². The van der Waals surface area contributed by atoms with E-state index in [0.29, 0.717) is 11.5 Å². The summed E-state index contributed by atoms with van der Waals surface area (Å²) in [5.41, 5.74) is 3.29. The van der Waals surface area contributed by atoms with E-state index in [1.54, 1.807) is 20.2 Å². The first-order valence-corrected chi connectivity index (χ1v) is 9.18. The van der Waals surface area contributed by atoms with Gasteiger partial charge >= 0.3 is 0 Å². The highest BCUT2D eigenvalue weighted by Crippen LogP contribution is 2.22. The number of nitrogens with one attached hydrogen (secondary N) is 1. The predicted molar refractivity (Wildman–Crippen MR) is 110 cm³/mol. The minimum atomic E-state index is -0.683. The van der Waals surface area contributed by atoms with E-state index in [0.717, 1.165) is 20.8 Å². The van der Waals surface area contributed by atoms with E-state index >= 15 is 0 Å². The Morgan fingerprint density at radius 1 is 1.07 bits per heavy atom. The quantitative estimate of drug-likeness (QED) is 0.465. The van der Waals surface area contributed by atoms with Gasteiger partial charge < -0.3 is 9.47 Å². The van der Waals surface area contributed by atoms with Crippen molar-refractivity contribution in [1.29, 1.82) is 0 Å². The third kappa shape index (κ3) is 4.86. The summed E-state index contributed by atoms with van der Waals surface area (Å²) >= 11 is 3.44. The van der Waals surface area contributed by atoms with E-state index in [9.17, 15) is 4.79 Å². The Labute approximate surface area is 166 Å². The first-order chi connectivity index (χ1) is 13.1. The first-order valence-electron chi connectivity index (χ1n) is 8.39. The summed E-state index contributed by atoms with van der Waals surface area (Å²) in [5, 5.41) is 6.18. The third-order valence-corrected chi connectivity index (χ3v) is 4.71. The zero-order valence-corrected chi connectivity index (χ0v) is 16.6. The van der Waals surface area contributed by atoms with Crippen molar-refractivity contribution in [3.05, 3.63) is 70.7 Å². The fourth-order valence-electron chi connectivity index (χ4n) is 2.50. The minimum Gasteiger partial charge on any atom is -0.497 e. The molecule has 1 atom stereocenters. The van der Waals surface area contributed by atoms with Crippen LogP contribution in [0.25, 0.3) is 10.8 Å². The van der Waals surface area contributed by atoms with Crippen LogP contribution < -0.4 is 14.9 Å². The van der Waals surface area contributed by atoms with Crippen LogP contribution in [0.4, 0.5) is 0 Å². The summed E-state index contributed by atoms with van der Waals surface area (Å²) in [6.45, 7) is 1.68. The van der Waals surface area contributed by atoms with Crippen molar-refractivity contribution in [2.24, 2.45) is 5.10 Å². The highest BCUT2D eigenvalue weighted by atomic mass is 79.9. The largest absolute Gasteiger partial charge is 0.497 e. The van der Waals surface area contributed by atoms with Gasteiger partial charge in [-0.2, -0.15) is 5.10 Å². The molecule has 6 heteroatoms. The molecular formula is C21H19BrN2O3. The lowest BCUT2D eigenvalue weighted by Crippen LogP contribution is -2.33. The maximum Gasteiger partial charge on any atom is 0.280 e. The Morgan fingerprint density at radius 2 is 1.81 bits per heavy atom. The molecule has 0 spiro atoms. The van der Waals surface area contributed by atoms with E-state index in [-0.39, 0.29) is 5.91 Å². The van der Waals surface area contributed by atoms with Crippen molar-refractivity contribution in [2.75, 3.05) is 7.11 Å². The average Bonchev–Trinajstić information content (AvgIpc) is 2.69. The number of rotatable bonds is 6. The number of methoxy groups -OCH3 is 1. The van der Waals surface area contributed by atoms with E-state index in [2.05, 4.69) is 26.5 Å². The molecule has 3 aromatic carbocycles. The Kier molecular flexibility index (Phi) is 6.08. The van der Waals surface area contributed by atoms with Gasteiger partial charge in [-0.05, 0) is 48.0 Å². The highest BCUT2D eigenvalue weighted by molar-refractivity contribution is 9.10. The second kappa shape index (κ2) is 8.68. The Morgan fingerprint density at radius 3 is 2.59 bits per heavy atom. The minimum absolute atomic E-state index is 0.335. The molecule has 1 unspecified atom stereocenters. The molecule has 0 aliphatic heterocycles. The molecule has 0 saturated carbocycles. The van der Waals surface area contributed by atoms with Crippen LogP contribution in [0.5, 0.6) is 11.5 Å². The molecule has 27 heavy (non-hydrogen) atoms. The molecule has 0 heterocycles. The Balaban J connectivity index is 1.61. The summed E-state index contributed by atoms with van der Waals surface area (Å²) in [6, 6.07) is 19.2. The van der Waals surface area contributed by atoms with E-state index < -0.39 is 6.10 Å². The van der Waals surface area contributed by atoms with Crippen molar-refractivity contribution in [3.63, 3.8) is 0 Å². The Hall–Kier alpha value is -2.86. The predicted octanol–water partition coefficient (Wildman–Crippen LogP) is 4.53. The van der Waals surface area contributed by atoms with Gasteiger partial charge in [0.2, 0.25) is 0 Å².